The fourth-order valence-electron chi connectivity index (χ4n) is 1.99. The molecule has 0 saturated heterocycles. The number of ether oxygens (including phenoxy) is 1. The third-order valence-corrected chi connectivity index (χ3v) is 2.91. The summed E-state index contributed by atoms with van der Waals surface area (Å²) >= 11 is 0. The van der Waals surface area contributed by atoms with E-state index in [1.165, 1.54) is 6.42 Å². The summed E-state index contributed by atoms with van der Waals surface area (Å²) in [7, 11) is 0. The van der Waals surface area contributed by atoms with E-state index in [-0.39, 0.29) is 25.1 Å². The maximum Gasteiger partial charge on any atom is 0.323 e. The third kappa shape index (κ3) is 4.18. The van der Waals surface area contributed by atoms with Gasteiger partial charge in [-0.05, 0) is 31.6 Å². The number of aliphatic hydroxyl groups is 1. The Bertz CT molecular complexity index is 208. The Balaban J connectivity index is 2.30. The minimum Gasteiger partial charge on any atom is -0.461 e. The van der Waals surface area contributed by atoms with Crippen molar-refractivity contribution < 1.29 is 14.6 Å². The lowest BCUT2D eigenvalue weighted by Crippen LogP contribution is -2.36. The molecule has 0 aromatic heterocycles. The Labute approximate surface area is 90.8 Å². The monoisotopic (exact) mass is 215 g/mol. The highest BCUT2D eigenvalue weighted by molar-refractivity contribution is 5.75. The van der Waals surface area contributed by atoms with E-state index >= 15 is 0 Å². The molecular formula is C11H21NO3. The Morgan fingerprint density at radius 1 is 1.60 bits per heavy atom. The van der Waals surface area contributed by atoms with Crippen LogP contribution in [0.4, 0.5) is 0 Å². The van der Waals surface area contributed by atoms with Crippen molar-refractivity contribution in [3.63, 3.8) is 0 Å². The molecule has 0 spiro atoms. The Hall–Kier alpha value is -0.610. The van der Waals surface area contributed by atoms with Gasteiger partial charge in [-0.3, -0.25) is 4.79 Å². The van der Waals surface area contributed by atoms with Crippen LogP contribution in [0.1, 0.15) is 39.0 Å². The van der Waals surface area contributed by atoms with Gasteiger partial charge in [-0.1, -0.05) is 13.3 Å². The number of hydrogen-bond acceptors (Lipinski definition) is 4. The molecule has 0 heterocycles. The molecule has 0 aromatic rings. The average Bonchev–Trinajstić information content (AvgIpc) is 2.18. The average molecular weight is 215 g/mol. The van der Waals surface area contributed by atoms with E-state index in [2.05, 4.69) is 6.92 Å². The lowest BCUT2D eigenvalue weighted by Gasteiger charge is -2.27. The molecule has 3 N–H and O–H groups in total. The molecule has 1 rings (SSSR count). The summed E-state index contributed by atoms with van der Waals surface area (Å²) in [6, 6.07) is -0.674. The molecule has 3 atom stereocenters. The fraction of sp³-hybridized carbons (Fsp3) is 0.909. The van der Waals surface area contributed by atoms with Crippen molar-refractivity contribution in [2.75, 3.05) is 6.61 Å². The largest absolute Gasteiger partial charge is 0.461 e. The van der Waals surface area contributed by atoms with Crippen molar-refractivity contribution in [3.05, 3.63) is 0 Å². The second-order valence-corrected chi connectivity index (χ2v) is 4.45. The highest BCUT2D eigenvalue weighted by Gasteiger charge is 2.24. The smallest absolute Gasteiger partial charge is 0.323 e. The van der Waals surface area contributed by atoms with Crippen LogP contribution in [0.3, 0.4) is 0 Å². The van der Waals surface area contributed by atoms with Crippen LogP contribution >= 0.6 is 0 Å². The minimum absolute atomic E-state index is 0.0333. The molecule has 4 heteroatoms. The fourth-order valence-corrected chi connectivity index (χ4v) is 1.99. The van der Waals surface area contributed by atoms with Gasteiger partial charge in [0.1, 0.15) is 12.1 Å². The standard InChI is InChI=1S/C11H21NO3/c1-8-3-2-4-9(7-8)15-11(14)10(12)5-6-13/h8-10,13H,2-7,12H2,1H3. The normalized spacial score (nSPS) is 28.5. The molecule has 3 unspecified atom stereocenters. The van der Waals surface area contributed by atoms with Crippen LogP contribution in [0.25, 0.3) is 0 Å². The molecule has 1 fully saturated rings. The lowest BCUT2D eigenvalue weighted by molar-refractivity contribution is -0.153. The van der Waals surface area contributed by atoms with Gasteiger partial charge in [0, 0.05) is 6.61 Å². The van der Waals surface area contributed by atoms with Gasteiger partial charge in [0.2, 0.25) is 0 Å². The summed E-state index contributed by atoms with van der Waals surface area (Å²) < 4.78 is 5.30. The molecule has 15 heavy (non-hydrogen) atoms. The number of carbonyl (C=O) groups is 1. The summed E-state index contributed by atoms with van der Waals surface area (Å²) in [5.74, 6) is 0.258. The van der Waals surface area contributed by atoms with Crippen LogP contribution in [0.15, 0.2) is 0 Å². The van der Waals surface area contributed by atoms with E-state index in [0.717, 1.165) is 19.3 Å². The second-order valence-electron chi connectivity index (χ2n) is 4.45. The maximum atomic E-state index is 11.4. The maximum absolute atomic E-state index is 11.4. The van der Waals surface area contributed by atoms with Gasteiger partial charge < -0.3 is 15.6 Å². The van der Waals surface area contributed by atoms with Crippen LogP contribution in [-0.2, 0) is 9.53 Å². The zero-order valence-electron chi connectivity index (χ0n) is 9.32. The first-order valence-electron chi connectivity index (χ1n) is 5.70. The third-order valence-electron chi connectivity index (χ3n) is 2.91. The zero-order chi connectivity index (χ0) is 11.3. The highest BCUT2D eigenvalue weighted by Crippen LogP contribution is 2.25. The van der Waals surface area contributed by atoms with E-state index in [1.807, 2.05) is 0 Å². The summed E-state index contributed by atoms with van der Waals surface area (Å²) in [5.41, 5.74) is 5.55. The summed E-state index contributed by atoms with van der Waals surface area (Å²) in [4.78, 5) is 11.4. The van der Waals surface area contributed by atoms with Crippen molar-refractivity contribution in [1.82, 2.24) is 0 Å². The van der Waals surface area contributed by atoms with E-state index < -0.39 is 6.04 Å². The Morgan fingerprint density at radius 3 is 2.93 bits per heavy atom. The van der Waals surface area contributed by atoms with Crippen molar-refractivity contribution in [2.24, 2.45) is 11.7 Å². The van der Waals surface area contributed by atoms with Crippen LogP contribution in [-0.4, -0.2) is 29.8 Å². The van der Waals surface area contributed by atoms with Crippen molar-refractivity contribution in [1.29, 1.82) is 0 Å². The Morgan fingerprint density at radius 2 is 2.33 bits per heavy atom. The van der Waals surface area contributed by atoms with Crippen LogP contribution in [0.2, 0.25) is 0 Å². The van der Waals surface area contributed by atoms with Gasteiger partial charge in [-0.15, -0.1) is 0 Å². The molecule has 0 bridgehead atoms. The summed E-state index contributed by atoms with van der Waals surface area (Å²) in [6.07, 6.45) is 4.54. The van der Waals surface area contributed by atoms with E-state index in [0.29, 0.717) is 5.92 Å². The van der Waals surface area contributed by atoms with Gasteiger partial charge in [-0.25, -0.2) is 0 Å². The van der Waals surface area contributed by atoms with Gasteiger partial charge in [0.15, 0.2) is 0 Å². The zero-order valence-corrected chi connectivity index (χ0v) is 9.32. The van der Waals surface area contributed by atoms with Crippen LogP contribution in [0, 0.1) is 5.92 Å². The van der Waals surface area contributed by atoms with Crippen LogP contribution < -0.4 is 5.73 Å². The minimum atomic E-state index is -0.674. The van der Waals surface area contributed by atoms with Crippen molar-refractivity contribution >= 4 is 5.97 Å². The number of rotatable bonds is 4. The molecule has 1 aliphatic carbocycles. The highest BCUT2D eigenvalue weighted by atomic mass is 16.5. The first kappa shape index (κ1) is 12.5. The number of esters is 1. The second kappa shape index (κ2) is 6.08. The van der Waals surface area contributed by atoms with Gasteiger partial charge in [0.05, 0.1) is 0 Å². The summed E-state index contributed by atoms with van der Waals surface area (Å²) in [5, 5.41) is 8.65. The van der Waals surface area contributed by atoms with E-state index in [9.17, 15) is 4.79 Å². The topological polar surface area (TPSA) is 72.5 Å². The molecular weight excluding hydrogens is 194 g/mol. The summed E-state index contributed by atoms with van der Waals surface area (Å²) in [6.45, 7) is 2.10. The SMILES string of the molecule is CC1CCCC(OC(=O)C(N)CCO)C1. The number of carbonyl (C=O) groups excluding carboxylic acids is 1. The van der Waals surface area contributed by atoms with Gasteiger partial charge in [0.25, 0.3) is 0 Å². The molecule has 88 valence electrons. The van der Waals surface area contributed by atoms with Crippen molar-refractivity contribution in [3.8, 4) is 0 Å². The predicted molar refractivity (Wildman–Crippen MR) is 57.2 cm³/mol. The molecule has 0 radical (unpaired) electrons. The first-order chi connectivity index (χ1) is 7.13. The molecule has 0 aromatic carbocycles. The Kier molecular flexibility index (Phi) is 5.05. The number of nitrogens with two attached hydrogens (primary N) is 1. The van der Waals surface area contributed by atoms with Crippen molar-refractivity contribution in [2.45, 2.75) is 51.2 Å². The number of hydrogen-bond donors (Lipinski definition) is 2. The molecule has 0 amide bonds. The van der Waals surface area contributed by atoms with E-state index in [4.69, 9.17) is 15.6 Å². The lowest BCUT2D eigenvalue weighted by atomic mass is 9.89. The predicted octanol–water partition coefficient (Wildman–Crippen LogP) is 0.818. The van der Waals surface area contributed by atoms with Crippen LogP contribution in [0.5, 0.6) is 0 Å². The number of aliphatic hydroxyl groups excluding tert-OH is 1. The molecule has 4 nitrogen and oxygen atoms in total. The molecule has 0 aliphatic heterocycles. The van der Waals surface area contributed by atoms with E-state index in [1.54, 1.807) is 0 Å². The quantitative estimate of drug-likeness (QED) is 0.681. The van der Waals surface area contributed by atoms with Gasteiger partial charge in [-0.2, -0.15) is 0 Å². The molecule has 1 aliphatic rings. The van der Waals surface area contributed by atoms with Gasteiger partial charge >= 0.3 is 5.97 Å². The first-order valence-corrected chi connectivity index (χ1v) is 5.70. The molecule has 1 saturated carbocycles.